The average molecular weight is 266 g/mol. The van der Waals surface area contributed by atoms with Crippen molar-refractivity contribution < 1.29 is 9.50 Å². The van der Waals surface area contributed by atoms with Gasteiger partial charge in [-0.15, -0.1) is 0 Å². The minimum atomic E-state index is -0.648. The minimum Gasteiger partial charge on any atom is -0.389 e. The second-order valence-corrected chi connectivity index (χ2v) is 5.28. The van der Waals surface area contributed by atoms with Crippen LogP contribution in [0.2, 0.25) is 0 Å². The number of anilines is 1. The molecule has 0 aromatic heterocycles. The summed E-state index contributed by atoms with van der Waals surface area (Å²) in [6.45, 7) is 9.56. The van der Waals surface area contributed by atoms with Gasteiger partial charge in [-0.05, 0) is 26.5 Å². The van der Waals surface area contributed by atoms with Crippen molar-refractivity contribution in [3.8, 4) is 0 Å². The molecule has 0 aliphatic carbocycles. The van der Waals surface area contributed by atoms with Gasteiger partial charge < -0.3 is 10.0 Å². The van der Waals surface area contributed by atoms with E-state index in [1.807, 2.05) is 0 Å². The van der Waals surface area contributed by atoms with Crippen LogP contribution in [0, 0.1) is 5.82 Å². The fourth-order valence-electron chi connectivity index (χ4n) is 2.87. The first-order valence-corrected chi connectivity index (χ1v) is 7.00. The zero-order chi connectivity index (χ0) is 14.0. The van der Waals surface area contributed by atoms with Gasteiger partial charge >= 0.3 is 0 Å². The van der Waals surface area contributed by atoms with Gasteiger partial charge in [-0.1, -0.05) is 19.1 Å². The van der Waals surface area contributed by atoms with Crippen molar-refractivity contribution in [2.24, 2.45) is 0 Å². The maximum Gasteiger partial charge on any atom is 0.146 e. The Kier molecular flexibility index (Phi) is 4.42. The largest absolute Gasteiger partial charge is 0.389 e. The van der Waals surface area contributed by atoms with Crippen molar-refractivity contribution in [1.29, 1.82) is 0 Å². The summed E-state index contributed by atoms with van der Waals surface area (Å²) < 4.78 is 14.1. The van der Waals surface area contributed by atoms with Crippen LogP contribution in [0.5, 0.6) is 0 Å². The summed E-state index contributed by atoms with van der Waals surface area (Å²) in [5, 5.41) is 9.82. The Morgan fingerprint density at radius 3 is 2.74 bits per heavy atom. The number of likely N-dealkylation sites (N-methyl/N-ethyl adjacent to an activating group) is 1. The van der Waals surface area contributed by atoms with Gasteiger partial charge in [-0.3, -0.25) is 4.90 Å². The molecular weight excluding hydrogens is 243 g/mol. The van der Waals surface area contributed by atoms with Crippen LogP contribution in [0.25, 0.3) is 0 Å². The summed E-state index contributed by atoms with van der Waals surface area (Å²) in [5.41, 5.74) is 1.25. The number of aliphatic hydroxyl groups is 1. The molecule has 0 bridgehead atoms. The summed E-state index contributed by atoms with van der Waals surface area (Å²) in [4.78, 5) is 4.45. The normalized spacial score (nSPS) is 22.6. The highest BCUT2D eigenvalue weighted by Gasteiger charge is 2.26. The van der Waals surface area contributed by atoms with Crippen LogP contribution in [-0.4, -0.2) is 42.2 Å². The standard InChI is InChI=1S/C15H23FN2O/c1-4-17-8-9-18(10-11(17)2)15-13(12(3)19)6-5-7-14(15)16/h5-7,11-12,19H,4,8-10H2,1-3H3/t11?,12-/m1/s1. The molecule has 2 rings (SSSR count). The highest BCUT2D eigenvalue weighted by Crippen LogP contribution is 2.30. The molecule has 1 aliphatic rings. The molecule has 1 heterocycles. The second kappa shape index (κ2) is 5.88. The zero-order valence-electron chi connectivity index (χ0n) is 11.9. The van der Waals surface area contributed by atoms with Crippen LogP contribution in [0.1, 0.15) is 32.4 Å². The number of halogens is 1. The van der Waals surface area contributed by atoms with Gasteiger partial charge in [0.1, 0.15) is 5.82 Å². The number of piperazine rings is 1. The van der Waals surface area contributed by atoms with E-state index in [2.05, 4.69) is 23.6 Å². The molecule has 0 radical (unpaired) electrons. The first-order chi connectivity index (χ1) is 9.04. The number of hydrogen-bond donors (Lipinski definition) is 1. The Bertz CT molecular complexity index is 436. The van der Waals surface area contributed by atoms with Crippen molar-refractivity contribution in [2.75, 3.05) is 31.1 Å². The third kappa shape index (κ3) is 2.90. The van der Waals surface area contributed by atoms with E-state index in [0.717, 1.165) is 26.2 Å². The van der Waals surface area contributed by atoms with E-state index >= 15 is 0 Å². The van der Waals surface area contributed by atoms with Crippen molar-refractivity contribution in [1.82, 2.24) is 4.90 Å². The average Bonchev–Trinajstić information content (AvgIpc) is 2.38. The van der Waals surface area contributed by atoms with E-state index in [0.29, 0.717) is 17.3 Å². The lowest BCUT2D eigenvalue weighted by atomic mass is 10.0. The fraction of sp³-hybridized carbons (Fsp3) is 0.600. The SMILES string of the molecule is CCN1CCN(c2c(F)cccc2[C@@H](C)O)CC1C. The summed E-state index contributed by atoms with van der Waals surface area (Å²) in [5.74, 6) is -0.240. The number of benzene rings is 1. The lowest BCUT2D eigenvalue weighted by Crippen LogP contribution is -2.52. The molecule has 1 aliphatic heterocycles. The maximum atomic E-state index is 14.1. The quantitative estimate of drug-likeness (QED) is 0.910. The van der Waals surface area contributed by atoms with Gasteiger partial charge in [-0.2, -0.15) is 0 Å². The molecule has 1 N–H and O–H groups in total. The predicted molar refractivity (Wildman–Crippen MR) is 76.0 cm³/mol. The van der Waals surface area contributed by atoms with Gasteiger partial charge in [0, 0.05) is 31.2 Å². The number of aliphatic hydroxyl groups excluding tert-OH is 1. The molecule has 1 aromatic carbocycles. The van der Waals surface area contributed by atoms with E-state index in [-0.39, 0.29) is 5.82 Å². The monoisotopic (exact) mass is 266 g/mol. The molecule has 0 amide bonds. The molecule has 0 saturated carbocycles. The molecule has 3 nitrogen and oxygen atoms in total. The molecule has 2 atom stereocenters. The lowest BCUT2D eigenvalue weighted by molar-refractivity contribution is 0.191. The summed E-state index contributed by atoms with van der Waals surface area (Å²) in [7, 11) is 0. The second-order valence-electron chi connectivity index (χ2n) is 5.28. The van der Waals surface area contributed by atoms with E-state index in [1.54, 1.807) is 19.1 Å². The van der Waals surface area contributed by atoms with Gasteiger partial charge in [0.25, 0.3) is 0 Å². The molecule has 1 aromatic rings. The van der Waals surface area contributed by atoms with E-state index in [1.165, 1.54) is 6.07 Å². The molecular formula is C15H23FN2O. The summed E-state index contributed by atoms with van der Waals surface area (Å²) in [6.07, 6.45) is -0.648. The van der Waals surface area contributed by atoms with Gasteiger partial charge in [0.15, 0.2) is 0 Å². The topological polar surface area (TPSA) is 26.7 Å². The zero-order valence-corrected chi connectivity index (χ0v) is 11.9. The van der Waals surface area contributed by atoms with Gasteiger partial charge in [0.2, 0.25) is 0 Å². The first kappa shape index (κ1) is 14.3. The van der Waals surface area contributed by atoms with Crippen molar-refractivity contribution in [3.63, 3.8) is 0 Å². The van der Waals surface area contributed by atoms with Crippen LogP contribution in [0.15, 0.2) is 18.2 Å². The Morgan fingerprint density at radius 1 is 1.42 bits per heavy atom. The lowest BCUT2D eigenvalue weighted by Gasteiger charge is -2.41. The third-order valence-corrected chi connectivity index (χ3v) is 3.96. The Hall–Kier alpha value is -1.13. The van der Waals surface area contributed by atoms with Gasteiger partial charge in [-0.25, -0.2) is 4.39 Å². The van der Waals surface area contributed by atoms with Crippen LogP contribution in [0.4, 0.5) is 10.1 Å². The number of nitrogens with zero attached hydrogens (tertiary/aromatic N) is 2. The first-order valence-electron chi connectivity index (χ1n) is 7.00. The van der Waals surface area contributed by atoms with Crippen LogP contribution in [-0.2, 0) is 0 Å². The Balaban J connectivity index is 2.28. The summed E-state index contributed by atoms with van der Waals surface area (Å²) in [6, 6.07) is 5.34. The van der Waals surface area contributed by atoms with Crippen LogP contribution >= 0.6 is 0 Å². The van der Waals surface area contributed by atoms with Crippen molar-refractivity contribution in [2.45, 2.75) is 32.9 Å². The molecule has 0 spiro atoms. The van der Waals surface area contributed by atoms with Crippen molar-refractivity contribution in [3.05, 3.63) is 29.6 Å². The highest BCUT2D eigenvalue weighted by molar-refractivity contribution is 5.56. The van der Waals surface area contributed by atoms with E-state index < -0.39 is 6.10 Å². The molecule has 19 heavy (non-hydrogen) atoms. The molecule has 1 saturated heterocycles. The number of hydrogen-bond acceptors (Lipinski definition) is 3. The Labute approximate surface area is 114 Å². The maximum absolute atomic E-state index is 14.1. The van der Waals surface area contributed by atoms with Gasteiger partial charge in [0.05, 0.1) is 11.8 Å². The van der Waals surface area contributed by atoms with E-state index in [4.69, 9.17) is 0 Å². The third-order valence-electron chi connectivity index (χ3n) is 3.96. The number of para-hydroxylation sites is 1. The van der Waals surface area contributed by atoms with Crippen molar-refractivity contribution >= 4 is 5.69 Å². The van der Waals surface area contributed by atoms with E-state index in [9.17, 15) is 9.50 Å². The predicted octanol–water partition coefficient (Wildman–Crippen LogP) is 2.41. The molecule has 1 unspecified atom stereocenters. The van der Waals surface area contributed by atoms with Crippen LogP contribution in [0.3, 0.4) is 0 Å². The minimum absolute atomic E-state index is 0.240. The molecule has 1 fully saturated rings. The van der Waals surface area contributed by atoms with Crippen LogP contribution < -0.4 is 4.90 Å². The highest BCUT2D eigenvalue weighted by atomic mass is 19.1. The Morgan fingerprint density at radius 2 is 2.16 bits per heavy atom. The fourth-order valence-corrected chi connectivity index (χ4v) is 2.87. The number of rotatable bonds is 3. The molecule has 4 heteroatoms. The smallest absolute Gasteiger partial charge is 0.146 e. The summed E-state index contributed by atoms with van der Waals surface area (Å²) >= 11 is 0. The molecule has 106 valence electrons.